The van der Waals surface area contributed by atoms with Crippen molar-refractivity contribution in [2.45, 2.75) is 39.3 Å². The Kier molecular flexibility index (Phi) is 4.56. The number of hydrogen-bond donors (Lipinski definition) is 0. The van der Waals surface area contributed by atoms with E-state index in [9.17, 15) is 4.39 Å². The Bertz CT molecular complexity index is 425. The first-order valence-corrected chi connectivity index (χ1v) is 13.1. The second kappa shape index (κ2) is 5.40. The van der Waals surface area contributed by atoms with E-state index in [1.54, 1.807) is 0 Å². The van der Waals surface area contributed by atoms with Crippen LogP contribution in [0.2, 0.25) is 39.3 Å². The molecular weight excluding hydrogens is 259 g/mol. The Morgan fingerprint density at radius 2 is 1.50 bits per heavy atom. The Balaban J connectivity index is 2.97. The van der Waals surface area contributed by atoms with Gasteiger partial charge >= 0.3 is 0 Å². The molecule has 0 amide bonds. The second-order valence-electron chi connectivity index (χ2n) is 6.52. The van der Waals surface area contributed by atoms with Gasteiger partial charge in [-0.3, -0.25) is 0 Å². The van der Waals surface area contributed by atoms with Crippen LogP contribution >= 0.6 is 0 Å². The molecule has 0 fully saturated rings. The van der Waals surface area contributed by atoms with Gasteiger partial charge in [-0.25, -0.2) is 4.39 Å². The molecule has 1 aromatic carbocycles. The van der Waals surface area contributed by atoms with Crippen molar-refractivity contribution in [2.75, 3.05) is 0 Å². The zero-order valence-electron chi connectivity index (χ0n) is 12.2. The van der Waals surface area contributed by atoms with E-state index >= 15 is 0 Å². The highest BCUT2D eigenvalue weighted by atomic mass is 28.4. The van der Waals surface area contributed by atoms with Crippen LogP contribution in [-0.2, 0) is 4.43 Å². The van der Waals surface area contributed by atoms with Crippen molar-refractivity contribution in [1.82, 2.24) is 0 Å². The van der Waals surface area contributed by atoms with Crippen molar-refractivity contribution in [3.63, 3.8) is 0 Å². The SMILES string of the molecule is C[Si](C)(C)O/C(=C\F)c1ccc([Si](C)(C)C)cc1. The topological polar surface area (TPSA) is 9.23 Å². The van der Waals surface area contributed by atoms with Crippen LogP contribution < -0.4 is 5.19 Å². The molecule has 0 heterocycles. The van der Waals surface area contributed by atoms with E-state index in [1.165, 1.54) is 5.19 Å². The molecule has 4 heteroatoms. The van der Waals surface area contributed by atoms with Gasteiger partial charge in [0.25, 0.3) is 0 Å². The van der Waals surface area contributed by atoms with Gasteiger partial charge in [0.2, 0.25) is 8.32 Å². The summed E-state index contributed by atoms with van der Waals surface area (Å²) in [4.78, 5) is 0. The number of benzene rings is 1. The fraction of sp³-hybridized carbons (Fsp3) is 0.429. The van der Waals surface area contributed by atoms with Crippen molar-refractivity contribution >= 4 is 27.3 Å². The molecule has 0 N–H and O–H groups in total. The standard InChI is InChI=1S/C14H23FOSi2/c1-17(2,3)13-9-7-12(8-10-13)14(11-15)16-18(4,5)6/h7-11H,1-6H3/b14-11-. The summed E-state index contributed by atoms with van der Waals surface area (Å²) in [6.07, 6.45) is 0.571. The van der Waals surface area contributed by atoms with E-state index in [0.717, 1.165) is 5.56 Å². The zero-order valence-corrected chi connectivity index (χ0v) is 14.2. The fourth-order valence-corrected chi connectivity index (χ4v) is 3.60. The highest BCUT2D eigenvalue weighted by Crippen LogP contribution is 2.21. The van der Waals surface area contributed by atoms with Crippen molar-refractivity contribution in [3.05, 3.63) is 36.2 Å². The summed E-state index contributed by atoms with van der Waals surface area (Å²) in [5.41, 5.74) is 0.821. The molecule has 1 aromatic rings. The lowest BCUT2D eigenvalue weighted by molar-refractivity contribution is 0.500. The maximum absolute atomic E-state index is 13.0. The smallest absolute Gasteiger partial charge is 0.242 e. The van der Waals surface area contributed by atoms with Gasteiger partial charge < -0.3 is 4.43 Å². The molecule has 0 spiro atoms. The third-order valence-electron chi connectivity index (χ3n) is 2.55. The van der Waals surface area contributed by atoms with E-state index in [1.807, 2.05) is 31.8 Å². The second-order valence-corrected chi connectivity index (χ2v) is 16.0. The maximum Gasteiger partial charge on any atom is 0.242 e. The fourth-order valence-electron chi connectivity index (χ4n) is 1.61. The van der Waals surface area contributed by atoms with Crippen LogP contribution in [-0.4, -0.2) is 16.4 Å². The summed E-state index contributed by atoms with van der Waals surface area (Å²) >= 11 is 0. The Labute approximate surface area is 112 Å². The number of hydrogen-bond acceptors (Lipinski definition) is 1. The van der Waals surface area contributed by atoms with E-state index < -0.39 is 16.4 Å². The summed E-state index contributed by atoms with van der Waals surface area (Å²) in [7, 11) is -3.07. The molecule has 0 unspecified atom stereocenters. The minimum Gasteiger partial charge on any atom is -0.542 e. The average Bonchev–Trinajstić information content (AvgIpc) is 2.24. The van der Waals surface area contributed by atoms with Gasteiger partial charge in [-0.15, -0.1) is 0 Å². The predicted octanol–water partition coefficient (Wildman–Crippen LogP) is 4.35. The molecule has 0 radical (unpaired) electrons. The molecule has 0 aliphatic carbocycles. The molecular formula is C14H23FOSi2. The van der Waals surface area contributed by atoms with E-state index in [-0.39, 0.29) is 0 Å². The lowest BCUT2D eigenvalue weighted by Crippen LogP contribution is -2.37. The van der Waals surface area contributed by atoms with Crippen LogP contribution in [0.4, 0.5) is 4.39 Å². The van der Waals surface area contributed by atoms with Crippen molar-refractivity contribution in [3.8, 4) is 0 Å². The molecule has 0 saturated heterocycles. The molecule has 0 aromatic heterocycles. The van der Waals surface area contributed by atoms with Crippen LogP contribution in [0.15, 0.2) is 30.6 Å². The van der Waals surface area contributed by atoms with Crippen LogP contribution in [0.1, 0.15) is 5.56 Å². The minimum atomic E-state index is -1.77. The van der Waals surface area contributed by atoms with Gasteiger partial charge in [0.15, 0.2) is 0 Å². The van der Waals surface area contributed by atoms with Gasteiger partial charge in [0, 0.05) is 5.56 Å². The Morgan fingerprint density at radius 1 is 1.00 bits per heavy atom. The summed E-state index contributed by atoms with van der Waals surface area (Å²) in [6.45, 7) is 13.0. The molecule has 0 aliphatic heterocycles. The van der Waals surface area contributed by atoms with Crippen LogP contribution in [0.5, 0.6) is 0 Å². The molecule has 0 bridgehead atoms. The minimum absolute atomic E-state index is 0.358. The lowest BCUT2D eigenvalue weighted by atomic mass is 10.2. The third-order valence-corrected chi connectivity index (χ3v) is 5.45. The first-order chi connectivity index (χ1) is 8.13. The zero-order chi connectivity index (χ0) is 14.0. The van der Waals surface area contributed by atoms with Gasteiger partial charge in [-0.2, -0.15) is 0 Å². The average molecular weight is 283 g/mol. The number of rotatable bonds is 4. The van der Waals surface area contributed by atoms with Crippen LogP contribution in [0.3, 0.4) is 0 Å². The summed E-state index contributed by atoms with van der Waals surface area (Å²) < 4.78 is 18.7. The Morgan fingerprint density at radius 3 is 1.83 bits per heavy atom. The molecule has 1 nitrogen and oxygen atoms in total. The lowest BCUT2D eigenvalue weighted by Gasteiger charge is -2.22. The first kappa shape index (κ1) is 15.2. The van der Waals surface area contributed by atoms with E-state index in [4.69, 9.17) is 4.43 Å². The summed E-state index contributed by atoms with van der Waals surface area (Å²) in [5.74, 6) is 0.358. The van der Waals surface area contributed by atoms with Crippen molar-refractivity contribution < 1.29 is 8.82 Å². The van der Waals surface area contributed by atoms with Gasteiger partial charge in [0.1, 0.15) is 12.1 Å². The molecule has 1 rings (SSSR count). The van der Waals surface area contributed by atoms with E-state index in [2.05, 4.69) is 31.8 Å². The summed E-state index contributed by atoms with van der Waals surface area (Å²) in [5, 5.41) is 1.37. The first-order valence-electron chi connectivity index (χ1n) is 6.24. The Hall–Kier alpha value is -0.876. The van der Waals surface area contributed by atoms with Crippen molar-refractivity contribution in [2.24, 2.45) is 0 Å². The predicted molar refractivity (Wildman–Crippen MR) is 82.9 cm³/mol. The van der Waals surface area contributed by atoms with Crippen molar-refractivity contribution in [1.29, 1.82) is 0 Å². The monoisotopic (exact) mass is 282 g/mol. The highest BCUT2D eigenvalue weighted by Gasteiger charge is 2.20. The van der Waals surface area contributed by atoms with Crippen LogP contribution in [0, 0.1) is 0 Å². The van der Waals surface area contributed by atoms with Crippen LogP contribution in [0.25, 0.3) is 5.76 Å². The highest BCUT2D eigenvalue weighted by molar-refractivity contribution is 6.88. The molecule has 18 heavy (non-hydrogen) atoms. The van der Waals surface area contributed by atoms with Gasteiger partial charge in [-0.05, 0) is 19.6 Å². The van der Waals surface area contributed by atoms with Gasteiger partial charge in [-0.1, -0.05) is 49.1 Å². The normalized spacial score (nSPS) is 13.6. The molecule has 100 valence electrons. The maximum atomic E-state index is 13.0. The quantitative estimate of drug-likeness (QED) is 0.589. The molecule has 0 saturated carbocycles. The largest absolute Gasteiger partial charge is 0.542 e. The molecule has 0 atom stereocenters. The van der Waals surface area contributed by atoms with E-state index in [0.29, 0.717) is 12.1 Å². The number of halogens is 1. The summed E-state index contributed by atoms with van der Waals surface area (Å²) in [6, 6.07) is 8.11. The molecule has 0 aliphatic rings. The van der Waals surface area contributed by atoms with Gasteiger partial charge in [0.05, 0.1) is 8.07 Å². The third kappa shape index (κ3) is 4.42.